The summed E-state index contributed by atoms with van der Waals surface area (Å²) in [6, 6.07) is 1.32. The summed E-state index contributed by atoms with van der Waals surface area (Å²) in [6.45, 7) is 2.89. The first-order chi connectivity index (χ1) is 9.19. The summed E-state index contributed by atoms with van der Waals surface area (Å²) >= 11 is 0. The molecule has 0 spiro atoms. The van der Waals surface area contributed by atoms with Crippen LogP contribution in [0, 0.1) is 0 Å². The van der Waals surface area contributed by atoms with E-state index in [-0.39, 0.29) is 11.8 Å². The quantitative estimate of drug-likeness (QED) is 0.670. The van der Waals surface area contributed by atoms with Crippen molar-refractivity contribution in [2.45, 2.75) is 32.2 Å². The Kier molecular flexibility index (Phi) is 4.27. The number of aromatic nitrogens is 2. The lowest BCUT2D eigenvalue weighted by atomic mass is 10.1. The van der Waals surface area contributed by atoms with Crippen LogP contribution in [0.2, 0.25) is 0 Å². The average Bonchev–Trinajstić information content (AvgIpc) is 2.40. The van der Waals surface area contributed by atoms with Gasteiger partial charge in [0.15, 0.2) is 0 Å². The van der Waals surface area contributed by atoms with Crippen LogP contribution < -0.4 is 16.0 Å². The standard InChI is InChI=1S/C12H17N5O2/c1-2-5-13-9-6-10(15-7-14-9)16-8-3-4-11(18)17-12(8)19/h6-8H,2-5H2,1H3,(H,17,18,19)(H2,13,14,15,16). The van der Waals surface area contributed by atoms with E-state index in [9.17, 15) is 9.59 Å². The monoisotopic (exact) mass is 263 g/mol. The van der Waals surface area contributed by atoms with Crippen molar-refractivity contribution in [2.24, 2.45) is 0 Å². The lowest BCUT2D eigenvalue weighted by Gasteiger charge is -2.22. The number of carbonyl (C=O) groups excluding carboxylic acids is 2. The molecule has 7 nitrogen and oxygen atoms in total. The highest BCUT2D eigenvalue weighted by molar-refractivity contribution is 6.01. The van der Waals surface area contributed by atoms with Gasteiger partial charge in [-0.3, -0.25) is 14.9 Å². The maximum absolute atomic E-state index is 11.6. The highest BCUT2D eigenvalue weighted by atomic mass is 16.2. The second-order valence-corrected chi connectivity index (χ2v) is 4.36. The fourth-order valence-corrected chi connectivity index (χ4v) is 1.80. The number of piperidine rings is 1. The molecule has 1 fully saturated rings. The Morgan fingerprint density at radius 1 is 1.37 bits per heavy atom. The minimum atomic E-state index is -0.424. The van der Waals surface area contributed by atoms with Crippen LogP contribution >= 0.6 is 0 Å². The van der Waals surface area contributed by atoms with Gasteiger partial charge in [-0.1, -0.05) is 6.92 Å². The number of imide groups is 1. The highest BCUT2D eigenvalue weighted by Crippen LogP contribution is 2.13. The topological polar surface area (TPSA) is 96.0 Å². The van der Waals surface area contributed by atoms with E-state index in [2.05, 4.69) is 32.8 Å². The molecule has 0 saturated carbocycles. The molecule has 2 heterocycles. The van der Waals surface area contributed by atoms with Crippen LogP contribution in [0.1, 0.15) is 26.2 Å². The molecule has 0 aliphatic carbocycles. The SMILES string of the molecule is CCCNc1cc(NC2CCC(=O)NC2=O)ncn1. The molecule has 1 aromatic heterocycles. The fraction of sp³-hybridized carbons (Fsp3) is 0.500. The summed E-state index contributed by atoms with van der Waals surface area (Å²) in [5, 5.41) is 8.46. The second-order valence-electron chi connectivity index (χ2n) is 4.36. The van der Waals surface area contributed by atoms with Crippen molar-refractivity contribution >= 4 is 23.5 Å². The normalized spacial score (nSPS) is 18.9. The van der Waals surface area contributed by atoms with Crippen molar-refractivity contribution in [3.05, 3.63) is 12.4 Å². The number of nitrogens with zero attached hydrogens (tertiary/aromatic N) is 2. The van der Waals surface area contributed by atoms with Gasteiger partial charge in [-0.25, -0.2) is 9.97 Å². The Morgan fingerprint density at radius 3 is 2.89 bits per heavy atom. The molecule has 1 aliphatic rings. The first-order valence-electron chi connectivity index (χ1n) is 6.35. The first-order valence-corrected chi connectivity index (χ1v) is 6.35. The lowest BCUT2D eigenvalue weighted by Crippen LogP contribution is -2.47. The van der Waals surface area contributed by atoms with Crippen LogP contribution in [0.4, 0.5) is 11.6 Å². The van der Waals surface area contributed by atoms with Gasteiger partial charge in [0.2, 0.25) is 11.8 Å². The number of nitrogens with one attached hydrogen (secondary N) is 3. The van der Waals surface area contributed by atoms with Crippen LogP contribution in [0.25, 0.3) is 0 Å². The van der Waals surface area contributed by atoms with E-state index >= 15 is 0 Å². The van der Waals surface area contributed by atoms with Gasteiger partial charge in [0.05, 0.1) is 0 Å². The maximum atomic E-state index is 11.6. The minimum Gasteiger partial charge on any atom is -0.370 e. The third-order valence-electron chi connectivity index (χ3n) is 2.78. The molecule has 0 aromatic carbocycles. The van der Waals surface area contributed by atoms with Crippen LogP contribution in [-0.4, -0.2) is 34.4 Å². The van der Waals surface area contributed by atoms with Gasteiger partial charge in [-0.05, 0) is 12.8 Å². The lowest BCUT2D eigenvalue weighted by molar-refractivity contribution is -0.133. The predicted molar refractivity (Wildman–Crippen MR) is 70.6 cm³/mol. The second kappa shape index (κ2) is 6.12. The molecule has 0 bridgehead atoms. The van der Waals surface area contributed by atoms with E-state index in [0.29, 0.717) is 24.5 Å². The molecule has 2 rings (SSSR count). The van der Waals surface area contributed by atoms with Gasteiger partial charge < -0.3 is 10.6 Å². The Bertz CT molecular complexity index is 477. The summed E-state index contributed by atoms with van der Waals surface area (Å²) in [7, 11) is 0. The molecule has 19 heavy (non-hydrogen) atoms. The molecule has 3 N–H and O–H groups in total. The molecule has 1 aliphatic heterocycles. The zero-order chi connectivity index (χ0) is 13.7. The first kappa shape index (κ1) is 13.3. The number of rotatable bonds is 5. The maximum Gasteiger partial charge on any atom is 0.249 e. The molecule has 1 unspecified atom stereocenters. The van der Waals surface area contributed by atoms with Crippen molar-refractivity contribution in [1.29, 1.82) is 0 Å². The van der Waals surface area contributed by atoms with Gasteiger partial charge in [0, 0.05) is 19.0 Å². The number of carbonyl (C=O) groups is 2. The van der Waals surface area contributed by atoms with Crippen molar-refractivity contribution in [3.8, 4) is 0 Å². The molecule has 7 heteroatoms. The van der Waals surface area contributed by atoms with E-state index in [1.165, 1.54) is 6.33 Å². The third kappa shape index (κ3) is 3.64. The minimum absolute atomic E-state index is 0.226. The zero-order valence-corrected chi connectivity index (χ0v) is 10.8. The number of hydrogen-bond acceptors (Lipinski definition) is 6. The summed E-state index contributed by atoms with van der Waals surface area (Å²) in [5.41, 5.74) is 0. The Labute approximate surface area is 111 Å². The summed E-state index contributed by atoms with van der Waals surface area (Å²) in [4.78, 5) is 30.8. The van der Waals surface area contributed by atoms with E-state index < -0.39 is 6.04 Å². The summed E-state index contributed by atoms with van der Waals surface area (Å²) in [6.07, 6.45) is 3.26. The number of anilines is 2. The number of hydrogen-bond donors (Lipinski definition) is 3. The van der Waals surface area contributed by atoms with Crippen molar-refractivity contribution < 1.29 is 9.59 Å². The van der Waals surface area contributed by atoms with Crippen LogP contribution in [-0.2, 0) is 9.59 Å². The van der Waals surface area contributed by atoms with E-state index in [4.69, 9.17) is 0 Å². The van der Waals surface area contributed by atoms with Gasteiger partial charge in [0.1, 0.15) is 24.0 Å². The predicted octanol–water partition coefficient (Wildman–Crippen LogP) is 0.516. The zero-order valence-electron chi connectivity index (χ0n) is 10.8. The van der Waals surface area contributed by atoms with Crippen molar-refractivity contribution in [3.63, 3.8) is 0 Å². The summed E-state index contributed by atoms with van der Waals surface area (Å²) < 4.78 is 0. The average molecular weight is 263 g/mol. The van der Waals surface area contributed by atoms with E-state index in [0.717, 1.165) is 13.0 Å². The van der Waals surface area contributed by atoms with E-state index in [1.54, 1.807) is 6.07 Å². The van der Waals surface area contributed by atoms with Crippen LogP contribution in [0.5, 0.6) is 0 Å². The Morgan fingerprint density at radius 2 is 2.16 bits per heavy atom. The van der Waals surface area contributed by atoms with Crippen molar-refractivity contribution in [1.82, 2.24) is 15.3 Å². The molecular weight excluding hydrogens is 246 g/mol. The van der Waals surface area contributed by atoms with Crippen LogP contribution in [0.3, 0.4) is 0 Å². The molecule has 0 radical (unpaired) electrons. The molecule has 2 amide bonds. The molecule has 1 saturated heterocycles. The van der Waals surface area contributed by atoms with E-state index in [1.807, 2.05) is 0 Å². The Hall–Kier alpha value is -2.18. The molecule has 102 valence electrons. The highest BCUT2D eigenvalue weighted by Gasteiger charge is 2.26. The molecule has 1 aromatic rings. The third-order valence-corrected chi connectivity index (χ3v) is 2.78. The molecule has 1 atom stereocenters. The molecular formula is C12H17N5O2. The summed E-state index contributed by atoms with van der Waals surface area (Å²) in [5.74, 6) is 0.753. The van der Waals surface area contributed by atoms with Gasteiger partial charge >= 0.3 is 0 Å². The number of amides is 2. The smallest absolute Gasteiger partial charge is 0.249 e. The van der Waals surface area contributed by atoms with Gasteiger partial charge in [-0.2, -0.15) is 0 Å². The van der Waals surface area contributed by atoms with Crippen molar-refractivity contribution in [2.75, 3.05) is 17.2 Å². The van der Waals surface area contributed by atoms with Gasteiger partial charge in [0.25, 0.3) is 0 Å². The fourth-order valence-electron chi connectivity index (χ4n) is 1.80. The Balaban J connectivity index is 1.98. The largest absolute Gasteiger partial charge is 0.370 e. The van der Waals surface area contributed by atoms with Gasteiger partial charge in [-0.15, -0.1) is 0 Å². The van der Waals surface area contributed by atoms with Crippen LogP contribution in [0.15, 0.2) is 12.4 Å².